The van der Waals surface area contributed by atoms with Gasteiger partial charge in [0.2, 0.25) is 5.91 Å². The number of hydrogen-bond acceptors (Lipinski definition) is 15. The van der Waals surface area contributed by atoms with Crippen LogP contribution in [0.3, 0.4) is 0 Å². The van der Waals surface area contributed by atoms with E-state index in [1.807, 2.05) is 30.6 Å². The molecular formula is C68H86N12O5. The third kappa shape index (κ3) is 11.4. The standard InChI is InChI=1S/C35H46N6O3.C33H40N6O2/c1-24-9-6-10-25-11-7-13-28(29(24)25)41-21-27-30(35(23-41)14-15-35)31(37-32(36-27)43-22-26-12-8-16-38(26)5)39-17-19-40(20-18-39)33(42)44-34(2,3)4;1-4-28(40)37-16-18-38(19-17-37)31-30-26(34-32(35-31)41-21-25-11-7-15-36(25)3)20-39(22-33(30)13-14-33)27-12-6-10-24-9-5-8-23(2)29(24)27/h6-7,9-11,13,26H,8,12,14-23H2,1-5H3;4-6,8-10,12,25H,1,7,11,13-22H2,2-3H3/t26-;25-/m00/s1. The first-order chi connectivity index (χ1) is 41.1. The number of carbonyl (C=O) groups excluding carboxylic acids is 2. The smallest absolute Gasteiger partial charge is 0.410 e. The number of rotatable bonds is 11. The first-order valence-electron chi connectivity index (χ1n) is 31.4. The van der Waals surface area contributed by atoms with Crippen LogP contribution in [0.1, 0.15) is 106 Å². The molecule has 14 rings (SSSR count). The van der Waals surface area contributed by atoms with E-state index in [2.05, 4.69) is 137 Å². The summed E-state index contributed by atoms with van der Waals surface area (Å²) in [5.41, 5.74) is 9.48. The number of carbonyl (C=O) groups is 2. The van der Waals surface area contributed by atoms with Crippen LogP contribution in [-0.4, -0.2) is 175 Å². The Kier molecular flexibility index (Phi) is 15.3. The molecule has 2 saturated carbocycles. The number of likely N-dealkylation sites (N-methyl/N-ethyl adjacent to an activating group) is 2. The lowest BCUT2D eigenvalue weighted by Gasteiger charge is -2.41. The summed E-state index contributed by atoms with van der Waals surface area (Å²) in [5, 5.41) is 5.20. The molecule has 4 saturated heterocycles. The van der Waals surface area contributed by atoms with E-state index in [1.165, 1.54) is 74.1 Å². The Hall–Kier alpha value is -7.24. The van der Waals surface area contributed by atoms with Crippen LogP contribution >= 0.6 is 0 Å². The lowest BCUT2D eigenvalue weighted by molar-refractivity contribution is -0.126. The SMILES string of the molecule is C=CC(=O)N1CCN(c2nc(OC[C@@H]3CCCN3C)nc3c2C2(CC2)CN(c2cccc4cccc(C)c24)C3)CC1.Cc1cccc2cccc(N3Cc4nc(OC[C@@H]5CCCN5C)nc(N5CCN(C(=O)OC(C)(C)C)CC5)c4C4(CC4)C3)c12. The minimum absolute atomic E-state index is 0.00115. The van der Waals surface area contributed by atoms with E-state index in [1.54, 1.807) is 0 Å². The van der Waals surface area contributed by atoms with Gasteiger partial charge in [-0.2, -0.15) is 19.9 Å². The lowest BCUT2D eigenvalue weighted by Crippen LogP contribution is -2.51. The molecule has 6 aliphatic heterocycles. The van der Waals surface area contributed by atoms with Gasteiger partial charge >= 0.3 is 18.1 Å². The predicted octanol–water partition coefficient (Wildman–Crippen LogP) is 9.82. The number of fused-ring (bicyclic) bond motifs is 6. The van der Waals surface area contributed by atoms with Crippen LogP contribution < -0.4 is 29.1 Å². The fourth-order valence-electron chi connectivity index (χ4n) is 14.6. The molecule has 8 aliphatic rings. The molecule has 0 unspecified atom stereocenters. The number of piperazine rings is 2. The Bertz CT molecular complexity index is 3500. The number of aryl methyl sites for hydroxylation is 2. The van der Waals surface area contributed by atoms with Crippen LogP contribution in [0.5, 0.6) is 12.0 Å². The van der Waals surface area contributed by atoms with Crippen molar-refractivity contribution in [2.45, 2.75) is 128 Å². The summed E-state index contributed by atoms with van der Waals surface area (Å²) in [6.07, 6.45) is 10.4. The Morgan fingerprint density at radius 1 is 0.576 bits per heavy atom. The maximum absolute atomic E-state index is 12.8. The molecule has 4 aromatic carbocycles. The van der Waals surface area contributed by atoms with Gasteiger partial charge in [0, 0.05) is 122 Å². The van der Waals surface area contributed by atoms with Gasteiger partial charge < -0.3 is 53.4 Å². The zero-order valence-corrected chi connectivity index (χ0v) is 51.2. The third-order valence-corrected chi connectivity index (χ3v) is 19.6. The fourth-order valence-corrected chi connectivity index (χ4v) is 14.6. The molecule has 17 heteroatoms. The number of amides is 2. The van der Waals surface area contributed by atoms with Crippen molar-refractivity contribution in [2.75, 3.05) is 125 Å². The number of anilines is 4. The lowest BCUT2D eigenvalue weighted by atomic mass is 9.88. The zero-order valence-electron chi connectivity index (χ0n) is 51.2. The van der Waals surface area contributed by atoms with Crippen LogP contribution in [-0.2, 0) is 33.5 Å². The van der Waals surface area contributed by atoms with Gasteiger partial charge in [-0.15, -0.1) is 0 Å². The van der Waals surface area contributed by atoms with Gasteiger partial charge in [-0.05, 0) is 153 Å². The van der Waals surface area contributed by atoms with Gasteiger partial charge in [0.15, 0.2) is 0 Å². The van der Waals surface area contributed by atoms with Gasteiger partial charge in [0.1, 0.15) is 30.5 Å². The molecule has 2 aliphatic carbocycles. The van der Waals surface area contributed by atoms with E-state index in [9.17, 15) is 9.59 Å². The second-order valence-electron chi connectivity index (χ2n) is 26.6. The van der Waals surface area contributed by atoms with Crippen LogP contribution in [0.25, 0.3) is 21.5 Å². The second-order valence-corrected chi connectivity index (χ2v) is 26.6. The van der Waals surface area contributed by atoms with E-state index in [0.717, 1.165) is 114 Å². The van der Waals surface area contributed by atoms with Gasteiger partial charge in [-0.3, -0.25) is 4.79 Å². The largest absolute Gasteiger partial charge is 0.462 e. The maximum atomic E-state index is 12.8. The Labute approximate surface area is 501 Å². The van der Waals surface area contributed by atoms with E-state index in [-0.39, 0.29) is 22.8 Å². The molecule has 8 heterocycles. The van der Waals surface area contributed by atoms with Crippen molar-refractivity contribution in [1.29, 1.82) is 0 Å². The minimum Gasteiger partial charge on any atom is -0.462 e. The molecule has 6 aromatic rings. The quantitative estimate of drug-likeness (QED) is 0.114. The molecule has 2 amide bonds. The first-order valence-corrected chi connectivity index (χ1v) is 31.4. The van der Waals surface area contributed by atoms with Crippen LogP contribution in [0.15, 0.2) is 85.5 Å². The number of likely N-dealkylation sites (tertiary alicyclic amines) is 2. The van der Waals surface area contributed by atoms with Crippen molar-refractivity contribution in [3.8, 4) is 12.0 Å². The fraction of sp³-hybridized carbons (Fsp3) is 0.529. The molecule has 2 atom stereocenters. The highest BCUT2D eigenvalue weighted by Gasteiger charge is 2.54. The highest BCUT2D eigenvalue weighted by atomic mass is 16.6. The molecule has 17 nitrogen and oxygen atoms in total. The summed E-state index contributed by atoms with van der Waals surface area (Å²) < 4.78 is 18.4. The van der Waals surface area contributed by atoms with Gasteiger partial charge in [0.25, 0.3) is 0 Å². The minimum atomic E-state index is -0.508. The summed E-state index contributed by atoms with van der Waals surface area (Å²) >= 11 is 0. The summed E-state index contributed by atoms with van der Waals surface area (Å²) in [7, 11) is 4.34. The zero-order chi connectivity index (χ0) is 58.8. The number of nitrogens with zero attached hydrogens (tertiary/aromatic N) is 12. The topological polar surface area (TPSA) is 139 Å². The number of aromatic nitrogens is 4. The Balaban J connectivity index is 0.000000159. The van der Waals surface area contributed by atoms with Crippen molar-refractivity contribution in [3.63, 3.8) is 0 Å². The van der Waals surface area contributed by atoms with E-state index in [4.69, 9.17) is 34.1 Å². The first kappa shape index (κ1) is 56.9. The number of hydrogen-bond donors (Lipinski definition) is 0. The predicted molar refractivity (Wildman–Crippen MR) is 337 cm³/mol. The average molecular weight is 1150 g/mol. The van der Waals surface area contributed by atoms with E-state index in [0.29, 0.717) is 76.6 Å². The molecule has 6 fully saturated rings. The molecule has 85 heavy (non-hydrogen) atoms. The van der Waals surface area contributed by atoms with Crippen molar-refractivity contribution in [1.82, 2.24) is 39.5 Å². The van der Waals surface area contributed by atoms with E-state index < -0.39 is 5.60 Å². The Morgan fingerprint density at radius 2 is 1.00 bits per heavy atom. The van der Waals surface area contributed by atoms with Crippen molar-refractivity contribution < 1.29 is 23.8 Å². The van der Waals surface area contributed by atoms with Gasteiger partial charge in [-0.1, -0.05) is 67.2 Å². The van der Waals surface area contributed by atoms with Gasteiger partial charge in [0.05, 0.1) is 24.5 Å². The maximum Gasteiger partial charge on any atom is 0.410 e. The van der Waals surface area contributed by atoms with E-state index >= 15 is 0 Å². The van der Waals surface area contributed by atoms with Crippen molar-refractivity contribution >= 4 is 56.6 Å². The second kappa shape index (κ2) is 22.9. The molecule has 448 valence electrons. The number of benzene rings is 4. The van der Waals surface area contributed by atoms with Crippen LogP contribution in [0.2, 0.25) is 0 Å². The molecule has 0 radical (unpaired) electrons. The molecular weight excluding hydrogens is 1060 g/mol. The van der Waals surface area contributed by atoms with Crippen molar-refractivity contribution in [3.05, 3.63) is 119 Å². The van der Waals surface area contributed by atoms with Crippen molar-refractivity contribution in [2.24, 2.45) is 0 Å². The third-order valence-electron chi connectivity index (χ3n) is 19.6. The highest BCUT2D eigenvalue weighted by molar-refractivity contribution is 5.98. The monoisotopic (exact) mass is 1150 g/mol. The summed E-state index contributed by atoms with van der Waals surface area (Å²) in [4.78, 5) is 63.9. The summed E-state index contributed by atoms with van der Waals surface area (Å²) in [5.74, 6) is 2.01. The Morgan fingerprint density at radius 3 is 1.39 bits per heavy atom. The van der Waals surface area contributed by atoms with Crippen LogP contribution in [0.4, 0.5) is 27.8 Å². The average Bonchev–Trinajstić information content (AvgIpc) is 1.72. The molecule has 2 spiro atoms. The van der Waals surface area contributed by atoms with Crippen LogP contribution in [0, 0.1) is 13.8 Å². The molecule has 2 aromatic heterocycles. The summed E-state index contributed by atoms with van der Waals surface area (Å²) in [6.45, 7) is 26.1. The van der Waals surface area contributed by atoms with Gasteiger partial charge in [-0.25, -0.2) is 4.79 Å². The normalized spacial score (nSPS) is 21.7. The summed E-state index contributed by atoms with van der Waals surface area (Å²) in [6, 6.07) is 28.2. The number of ether oxygens (including phenoxy) is 3. The molecule has 0 bridgehead atoms. The molecule has 0 N–H and O–H groups in total. The highest BCUT2D eigenvalue weighted by Crippen LogP contribution is 2.57.